The van der Waals surface area contributed by atoms with E-state index in [1.165, 1.54) is 6.92 Å². The molecule has 0 aliphatic heterocycles. The molecule has 454 valence electrons. The average molecular weight is 1170 g/mol. The van der Waals surface area contributed by atoms with E-state index in [2.05, 4.69) is 58.5 Å². The minimum Gasteiger partial charge on any atom is -0.480 e. The number of carboxylic acid groups (broad SMARTS) is 1. The number of benzene rings is 4. The number of nitrogens with two attached hydrogens (primary N) is 4. The second kappa shape index (κ2) is 35.3. The lowest BCUT2D eigenvalue weighted by atomic mass is 9.98. The van der Waals surface area contributed by atoms with Crippen LogP contribution in [0.2, 0.25) is 0 Å². The molecule has 28 heteroatoms. The first-order valence-electron chi connectivity index (χ1n) is 27.6. The fraction of sp³-hybridized carbons (Fsp3) is 0.429. The van der Waals surface area contributed by atoms with E-state index in [9.17, 15) is 48.3 Å². The fourth-order valence-electron chi connectivity index (χ4n) is 8.88. The van der Waals surface area contributed by atoms with Gasteiger partial charge in [-0.15, -0.1) is 0 Å². The van der Waals surface area contributed by atoms with Crippen LogP contribution in [0.4, 0.5) is 0 Å². The third-order valence-electron chi connectivity index (χ3n) is 13.1. The molecule has 0 aromatic heterocycles. The van der Waals surface area contributed by atoms with E-state index in [1.807, 2.05) is 72.8 Å². The van der Waals surface area contributed by atoms with Gasteiger partial charge in [-0.05, 0) is 97.0 Å². The lowest BCUT2D eigenvalue weighted by Gasteiger charge is -2.27. The van der Waals surface area contributed by atoms with Crippen molar-refractivity contribution in [1.29, 1.82) is 16.2 Å². The van der Waals surface area contributed by atoms with Gasteiger partial charge in [0, 0.05) is 39.4 Å². The molecular formula is C56H80N18O10. The van der Waals surface area contributed by atoms with Gasteiger partial charge in [0.25, 0.3) is 0 Å². The zero-order valence-electron chi connectivity index (χ0n) is 47.0. The monoisotopic (exact) mass is 1160 g/mol. The molecule has 0 radical (unpaired) electrons. The molecule has 0 heterocycles. The third-order valence-corrected chi connectivity index (χ3v) is 13.1. The Morgan fingerprint density at radius 3 is 1.23 bits per heavy atom. The van der Waals surface area contributed by atoms with Gasteiger partial charge >= 0.3 is 5.97 Å². The number of hydrogen-bond acceptors (Lipinski definition) is 13. The van der Waals surface area contributed by atoms with E-state index in [-0.39, 0.29) is 95.3 Å². The number of guanidine groups is 3. The number of nitrogens with one attached hydrogen (secondary N) is 14. The van der Waals surface area contributed by atoms with Gasteiger partial charge in [0.1, 0.15) is 36.3 Å². The molecule has 0 spiro atoms. The summed E-state index contributed by atoms with van der Waals surface area (Å²) in [5.41, 5.74) is 23.1. The summed E-state index contributed by atoms with van der Waals surface area (Å²) in [5.74, 6) is -8.46. The smallest absolute Gasteiger partial charge is 0.326 e. The molecule has 28 nitrogen and oxygen atoms in total. The van der Waals surface area contributed by atoms with Crippen LogP contribution in [0.5, 0.6) is 0 Å². The summed E-state index contributed by atoms with van der Waals surface area (Å²) in [6.45, 7) is 0.694. The Balaban J connectivity index is 1.67. The average Bonchev–Trinajstić information content (AvgIpc) is 3.28. The van der Waals surface area contributed by atoms with Crippen molar-refractivity contribution in [3.8, 4) is 0 Å². The molecule has 0 fully saturated rings. The maximum Gasteiger partial charge on any atom is 0.326 e. The second-order valence-corrected chi connectivity index (χ2v) is 20.0. The molecule has 0 aliphatic rings. The molecular weight excluding hydrogens is 1080 g/mol. The van der Waals surface area contributed by atoms with Crippen molar-refractivity contribution in [3.63, 3.8) is 0 Å². The molecule has 84 heavy (non-hydrogen) atoms. The highest BCUT2D eigenvalue weighted by atomic mass is 16.4. The molecule has 23 N–H and O–H groups in total. The Kier molecular flexibility index (Phi) is 28.1. The number of aliphatic carboxylic acids is 1. The Hall–Kier alpha value is -9.60. The van der Waals surface area contributed by atoms with Crippen molar-refractivity contribution in [2.45, 2.75) is 114 Å². The van der Waals surface area contributed by atoms with Crippen LogP contribution < -0.4 is 81.4 Å². The quantitative estimate of drug-likeness (QED) is 0.0132. The van der Waals surface area contributed by atoms with Crippen molar-refractivity contribution in [3.05, 3.63) is 96.1 Å². The highest BCUT2D eigenvalue weighted by Gasteiger charge is 2.33. The Bertz CT molecular complexity index is 2960. The van der Waals surface area contributed by atoms with E-state index < -0.39 is 103 Å². The third kappa shape index (κ3) is 24.6. The lowest BCUT2D eigenvalue weighted by Crippen LogP contribution is -2.60. The van der Waals surface area contributed by atoms with Crippen molar-refractivity contribution < 1.29 is 48.3 Å². The summed E-state index contributed by atoms with van der Waals surface area (Å²) in [7, 11) is 0. The van der Waals surface area contributed by atoms with Crippen molar-refractivity contribution in [2.24, 2.45) is 22.9 Å². The van der Waals surface area contributed by atoms with Crippen LogP contribution >= 0.6 is 0 Å². The number of carbonyl (C=O) groups excluding carboxylic acids is 8. The van der Waals surface area contributed by atoms with Crippen LogP contribution in [0.1, 0.15) is 75.8 Å². The first-order valence-corrected chi connectivity index (χ1v) is 27.6. The minimum absolute atomic E-state index is 0.0510. The number of rotatable bonds is 36. The fourth-order valence-corrected chi connectivity index (χ4v) is 8.88. The summed E-state index contributed by atoms with van der Waals surface area (Å²) in [4.78, 5) is 122. The molecule has 8 amide bonds. The summed E-state index contributed by atoms with van der Waals surface area (Å²) in [5, 5.41) is 64.4. The number of amides is 8. The van der Waals surface area contributed by atoms with Gasteiger partial charge in [0.05, 0.1) is 13.1 Å². The number of unbranched alkanes of at least 4 members (excludes halogenated alkanes) is 1. The lowest BCUT2D eigenvalue weighted by molar-refractivity contribution is -0.142. The van der Waals surface area contributed by atoms with Gasteiger partial charge < -0.3 is 86.5 Å². The zero-order valence-corrected chi connectivity index (χ0v) is 47.0. The van der Waals surface area contributed by atoms with Crippen LogP contribution in [-0.4, -0.2) is 152 Å². The molecule has 0 bridgehead atoms. The number of hydrogen-bond donors (Lipinski definition) is 19. The van der Waals surface area contributed by atoms with Crippen molar-refractivity contribution in [2.75, 3.05) is 39.3 Å². The predicted molar refractivity (Wildman–Crippen MR) is 317 cm³/mol. The number of carboxylic acids is 1. The normalized spacial score (nSPS) is 13.0. The maximum absolute atomic E-state index is 14.9. The van der Waals surface area contributed by atoms with Gasteiger partial charge in [-0.25, -0.2) is 4.79 Å². The van der Waals surface area contributed by atoms with E-state index >= 15 is 0 Å². The summed E-state index contributed by atoms with van der Waals surface area (Å²) in [6.07, 6.45) is 1.39. The number of carbonyl (C=O) groups is 9. The SMILES string of the molecule is CC(=O)N[C@@H](CCCNC(=N)N)C(=O)N[C@@H](CCCNC(=N)N)C(=O)N[C@@H](CCCNC(=N)N)C(=O)N[C@@H](Cc1ccc2ccccc2c1)C(=O)N[C@H](Cc1ccc2ccccc2c1)C(=O)NCC(=O)NCC(=O)N[C@@H](CCCCN)C(=O)O. The predicted octanol–water partition coefficient (Wildman–Crippen LogP) is -2.06. The first kappa shape index (κ1) is 66.9. The standard InChI is InChI=1S/C56H80N18O10/c1-33(75)69-40(16-8-24-64-54(58)59)49(79)71-41(17-9-25-65-55(60)61)50(80)72-42(18-10-26-66-56(62)63)51(81)74-45(30-35-20-22-37-12-3-5-14-39(37)28-35)52(82)73-44(29-34-19-21-36-11-2-4-13-38(36)27-34)48(78)68-31-46(76)67-32-47(77)70-43(53(83)84)15-6-7-23-57/h2-5,11-14,19-22,27-28,40-45H,6-10,15-18,23-26,29-32,57H2,1H3,(H,67,76)(H,68,78)(H,69,75)(H,70,77)(H,71,79)(H,72,80)(H,73,82)(H,74,81)(H,83,84)(H4,58,59,64)(H4,60,61,65)(H4,62,63,66)/t40-,41-,42-,43-,44+,45-/m0/s1. The van der Waals surface area contributed by atoms with E-state index in [0.29, 0.717) is 30.5 Å². The van der Waals surface area contributed by atoms with Crippen LogP contribution in [-0.2, 0) is 56.0 Å². The molecule has 0 saturated heterocycles. The van der Waals surface area contributed by atoms with Crippen LogP contribution in [0, 0.1) is 16.2 Å². The van der Waals surface area contributed by atoms with Gasteiger partial charge in [-0.3, -0.25) is 54.6 Å². The summed E-state index contributed by atoms with van der Waals surface area (Å²) >= 11 is 0. The largest absolute Gasteiger partial charge is 0.480 e. The van der Waals surface area contributed by atoms with E-state index in [0.717, 1.165) is 21.5 Å². The highest BCUT2D eigenvalue weighted by molar-refractivity contribution is 5.98. The van der Waals surface area contributed by atoms with Crippen LogP contribution in [0.15, 0.2) is 84.9 Å². The summed E-state index contributed by atoms with van der Waals surface area (Å²) in [6, 6.07) is 17.9. The molecule has 0 aliphatic carbocycles. The Morgan fingerprint density at radius 2 is 0.810 bits per heavy atom. The van der Waals surface area contributed by atoms with E-state index in [4.69, 9.17) is 39.2 Å². The zero-order chi connectivity index (χ0) is 61.6. The molecule has 4 rings (SSSR count). The van der Waals surface area contributed by atoms with Gasteiger partial charge in [0.15, 0.2) is 17.9 Å². The maximum atomic E-state index is 14.9. The van der Waals surface area contributed by atoms with Crippen LogP contribution in [0.25, 0.3) is 21.5 Å². The topological polar surface area (TPSA) is 482 Å². The first-order chi connectivity index (χ1) is 40.1. The van der Waals surface area contributed by atoms with E-state index in [1.54, 1.807) is 12.1 Å². The Morgan fingerprint density at radius 1 is 0.429 bits per heavy atom. The van der Waals surface area contributed by atoms with Gasteiger partial charge in [-0.2, -0.15) is 0 Å². The highest BCUT2D eigenvalue weighted by Crippen LogP contribution is 2.19. The van der Waals surface area contributed by atoms with Gasteiger partial charge in [0.2, 0.25) is 47.3 Å². The Labute approximate surface area is 486 Å². The molecule has 0 unspecified atom stereocenters. The molecule has 4 aromatic carbocycles. The van der Waals surface area contributed by atoms with Gasteiger partial charge in [-0.1, -0.05) is 84.9 Å². The van der Waals surface area contributed by atoms with Crippen molar-refractivity contribution in [1.82, 2.24) is 58.5 Å². The molecule has 4 aromatic rings. The minimum atomic E-state index is -1.45. The van der Waals surface area contributed by atoms with Crippen LogP contribution in [0.3, 0.4) is 0 Å². The van der Waals surface area contributed by atoms with Crippen molar-refractivity contribution >= 4 is 92.7 Å². The summed E-state index contributed by atoms with van der Waals surface area (Å²) < 4.78 is 0. The second-order valence-electron chi connectivity index (χ2n) is 20.0. The molecule has 0 saturated carbocycles. The molecule has 6 atom stereocenters. The number of fused-ring (bicyclic) bond motifs is 2.